The number of carbonyl (C=O) groups excluding carboxylic acids is 1. The summed E-state index contributed by atoms with van der Waals surface area (Å²) < 4.78 is 11.1. The van der Waals surface area contributed by atoms with Crippen LogP contribution in [0.5, 0.6) is 11.5 Å². The van der Waals surface area contributed by atoms with Crippen molar-refractivity contribution in [3.63, 3.8) is 0 Å². The minimum absolute atomic E-state index is 0.0289. The van der Waals surface area contributed by atoms with Crippen LogP contribution >= 0.6 is 0 Å². The number of likely N-dealkylation sites (N-methyl/N-ethyl adjacent to an activating group) is 1. The number of fused-ring (bicyclic) bond motifs is 1. The number of hydrogen-bond donors (Lipinski definition) is 2. The minimum Gasteiger partial charge on any atom is -0.486 e. The summed E-state index contributed by atoms with van der Waals surface area (Å²) in [5.74, 6) is 2.05. The van der Waals surface area contributed by atoms with Crippen LogP contribution in [0.4, 0.5) is 0 Å². The van der Waals surface area contributed by atoms with Crippen molar-refractivity contribution >= 4 is 5.91 Å². The predicted octanol–water partition coefficient (Wildman–Crippen LogP) is 1.71. The maximum Gasteiger partial charge on any atom is 0.236 e. The van der Waals surface area contributed by atoms with E-state index in [0.717, 1.165) is 23.5 Å². The van der Waals surface area contributed by atoms with E-state index < -0.39 is 0 Å². The third-order valence-electron chi connectivity index (χ3n) is 3.43. The maximum atomic E-state index is 11.9. The van der Waals surface area contributed by atoms with Gasteiger partial charge in [0.2, 0.25) is 5.91 Å². The van der Waals surface area contributed by atoms with E-state index in [9.17, 15) is 4.79 Å². The lowest BCUT2D eigenvalue weighted by molar-refractivity contribution is -0.123. The monoisotopic (exact) mass is 292 g/mol. The fourth-order valence-electron chi connectivity index (χ4n) is 2.37. The number of ether oxygens (including phenoxy) is 2. The molecule has 2 N–H and O–H groups in total. The van der Waals surface area contributed by atoms with Crippen LogP contribution in [0, 0.1) is 5.92 Å². The summed E-state index contributed by atoms with van der Waals surface area (Å²) in [7, 11) is 1.67. The second kappa shape index (κ2) is 7.31. The SMILES string of the molecule is CNC(=O)C(CC(C)C)NCc1ccc2c(c1)OCCO2. The Hall–Kier alpha value is -1.75. The number of nitrogens with one attached hydrogen (secondary N) is 2. The lowest BCUT2D eigenvalue weighted by Crippen LogP contribution is -2.43. The van der Waals surface area contributed by atoms with E-state index in [1.807, 2.05) is 18.2 Å². The minimum atomic E-state index is -0.178. The summed E-state index contributed by atoms with van der Waals surface area (Å²) in [5.41, 5.74) is 1.08. The van der Waals surface area contributed by atoms with Crippen LogP contribution in [0.1, 0.15) is 25.8 Å². The van der Waals surface area contributed by atoms with Gasteiger partial charge in [0.25, 0.3) is 0 Å². The Labute approximate surface area is 126 Å². The van der Waals surface area contributed by atoms with E-state index in [2.05, 4.69) is 24.5 Å². The van der Waals surface area contributed by atoms with Gasteiger partial charge in [0, 0.05) is 13.6 Å². The molecule has 0 radical (unpaired) electrons. The van der Waals surface area contributed by atoms with Gasteiger partial charge in [0.1, 0.15) is 13.2 Å². The molecule has 1 aliphatic heterocycles. The highest BCUT2D eigenvalue weighted by Gasteiger charge is 2.18. The van der Waals surface area contributed by atoms with Gasteiger partial charge < -0.3 is 20.1 Å². The zero-order valence-electron chi connectivity index (χ0n) is 12.9. The first-order chi connectivity index (χ1) is 10.1. The molecule has 2 rings (SSSR count). The number of carbonyl (C=O) groups is 1. The molecule has 1 aromatic rings. The van der Waals surface area contributed by atoms with Crippen LogP contribution in [0.15, 0.2) is 18.2 Å². The molecule has 21 heavy (non-hydrogen) atoms. The fraction of sp³-hybridized carbons (Fsp3) is 0.562. The van der Waals surface area contributed by atoms with Crippen molar-refractivity contribution in [1.82, 2.24) is 10.6 Å². The van der Waals surface area contributed by atoms with Gasteiger partial charge in [-0.3, -0.25) is 4.79 Å². The van der Waals surface area contributed by atoms with E-state index in [0.29, 0.717) is 25.7 Å². The van der Waals surface area contributed by atoms with Crippen molar-refractivity contribution in [3.05, 3.63) is 23.8 Å². The molecular weight excluding hydrogens is 268 g/mol. The molecule has 0 fully saturated rings. The summed E-state index contributed by atoms with van der Waals surface area (Å²) in [6.45, 7) is 6.03. The number of hydrogen-bond acceptors (Lipinski definition) is 4. The Morgan fingerprint density at radius 3 is 2.62 bits per heavy atom. The highest BCUT2D eigenvalue weighted by atomic mass is 16.6. The van der Waals surface area contributed by atoms with Gasteiger partial charge in [-0.1, -0.05) is 19.9 Å². The van der Waals surface area contributed by atoms with Gasteiger partial charge in [0.05, 0.1) is 6.04 Å². The normalized spacial score (nSPS) is 14.9. The van der Waals surface area contributed by atoms with Gasteiger partial charge in [0.15, 0.2) is 11.5 Å². The average molecular weight is 292 g/mol. The van der Waals surface area contributed by atoms with Crippen molar-refractivity contribution in [1.29, 1.82) is 0 Å². The topological polar surface area (TPSA) is 59.6 Å². The van der Waals surface area contributed by atoms with Crippen LogP contribution in [-0.4, -0.2) is 32.2 Å². The quantitative estimate of drug-likeness (QED) is 0.838. The third kappa shape index (κ3) is 4.36. The zero-order valence-corrected chi connectivity index (χ0v) is 12.9. The van der Waals surface area contributed by atoms with Crippen LogP contribution in [0.25, 0.3) is 0 Å². The highest BCUT2D eigenvalue weighted by molar-refractivity contribution is 5.81. The second-order valence-corrected chi connectivity index (χ2v) is 5.66. The lowest BCUT2D eigenvalue weighted by Gasteiger charge is -2.21. The molecule has 1 amide bonds. The van der Waals surface area contributed by atoms with Crippen molar-refractivity contribution in [3.8, 4) is 11.5 Å². The Kier molecular flexibility index (Phi) is 5.44. The highest BCUT2D eigenvalue weighted by Crippen LogP contribution is 2.30. The van der Waals surface area contributed by atoms with E-state index in [4.69, 9.17) is 9.47 Å². The van der Waals surface area contributed by atoms with E-state index >= 15 is 0 Å². The van der Waals surface area contributed by atoms with Crippen molar-refractivity contribution in [2.45, 2.75) is 32.9 Å². The molecule has 0 saturated heterocycles. The smallest absolute Gasteiger partial charge is 0.236 e. The van der Waals surface area contributed by atoms with Crippen LogP contribution in [0.2, 0.25) is 0 Å². The predicted molar refractivity (Wildman–Crippen MR) is 81.6 cm³/mol. The molecule has 1 heterocycles. The molecule has 1 aliphatic rings. The molecule has 1 unspecified atom stereocenters. The summed E-state index contributed by atoms with van der Waals surface area (Å²) in [6.07, 6.45) is 0.810. The van der Waals surface area contributed by atoms with Crippen molar-refractivity contribution < 1.29 is 14.3 Å². The van der Waals surface area contributed by atoms with Crippen LogP contribution < -0.4 is 20.1 Å². The number of benzene rings is 1. The largest absolute Gasteiger partial charge is 0.486 e. The molecule has 0 saturated carbocycles. The van der Waals surface area contributed by atoms with Gasteiger partial charge in [-0.15, -0.1) is 0 Å². The molecule has 1 aromatic carbocycles. The van der Waals surface area contributed by atoms with Crippen molar-refractivity contribution in [2.24, 2.45) is 5.92 Å². The fourth-order valence-corrected chi connectivity index (χ4v) is 2.37. The molecule has 0 spiro atoms. The molecular formula is C16H24N2O3. The summed E-state index contributed by atoms with van der Waals surface area (Å²) >= 11 is 0. The van der Waals surface area contributed by atoms with E-state index in [1.54, 1.807) is 7.05 Å². The number of amides is 1. The molecule has 5 nitrogen and oxygen atoms in total. The lowest BCUT2D eigenvalue weighted by atomic mass is 10.0. The second-order valence-electron chi connectivity index (χ2n) is 5.66. The molecule has 0 bridgehead atoms. The van der Waals surface area contributed by atoms with Gasteiger partial charge in [-0.05, 0) is 30.0 Å². The Bertz CT molecular complexity index is 488. The van der Waals surface area contributed by atoms with E-state index in [1.165, 1.54) is 0 Å². The maximum absolute atomic E-state index is 11.9. The zero-order chi connectivity index (χ0) is 15.2. The number of rotatable bonds is 6. The van der Waals surface area contributed by atoms with Gasteiger partial charge in [-0.2, -0.15) is 0 Å². The van der Waals surface area contributed by atoms with E-state index in [-0.39, 0.29) is 11.9 Å². The van der Waals surface area contributed by atoms with Gasteiger partial charge >= 0.3 is 0 Å². The Balaban J connectivity index is 1.98. The molecule has 0 aromatic heterocycles. The standard InChI is InChI=1S/C16H24N2O3/c1-11(2)8-13(16(19)17-3)18-10-12-4-5-14-15(9-12)21-7-6-20-14/h4-5,9,11,13,18H,6-8,10H2,1-3H3,(H,17,19). The molecule has 116 valence electrons. The molecule has 0 aliphatic carbocycles. The van der Waals surface area contributed by atoms with Gasteiger partial charge in [-0.25, -0.2) is 0 Å². The molecule has 5 heteroatoms. The first-order valence-corrected chi connectivity index (χ1v) is 7.43. The van der Waals surface area contributed by atoms with Crippen molar-refractivity contribution in [2.75, 3.05) is 20.3 Å². The summed E-state index contributed by atoms with van der Waals surface area (Å²) in [4.78, 5) is 11.9. The summed E-state index contributed by atoms with van der Waals surface area (Å²) in [6, 6.07) is 5.71. The summed E-state index contributed by atoms with van der Waals surface area (Å²) in [5, 5.41) is 6.03. The Morgan fingerprint density at radius 1 is 1.24 bits per heavy atom. The molecule has 1 atom stereocenters. The van der Waals surface area contributed by atoms with Crippen LogP contribution in [-0.2, 0) is 11.3 Å². The van der Waals surface area contributed by atoms with Crippen LogP contribution in [0.3, 0.4) is 0 Å². The first kappa shape index (κ1) is 15.6. The average Bonchev–Trinajstić information content (AvgIpc) is 2.50. The third-order valence-corrected chi connectivity index (χ3v) is 3.43. The Morgan fingerprint density at radius 2 is 1.95 bits per heavy atom. The first-order valence-electron chi connectivity index (χ1n) is 7.43.